The van der Waals surface area contributed by atoms with E-state index in [9.17, 15) is 0 Å². The molecule has 0 atom stereocenters. The second kappa shape index (κ2) is 13.2. The molecule has 0 aliphatic rings. The second-order valence-electron chi connectivity index (χ2n) is 11.5. The summed E-state index contributed by atoms with van der Waals surface area (Å²) in [4.78, 5) is 2.36. The first-order valence-corrected chi connectivity index (χ1v) is 18.1. The van der Waals surface area contributed by atoms with Gasteiger partial charge < -0.3 is 4.90 Å². The van der Waals surface area contributed by atoms with Crippen LogP contribution in [0.4, 0.5) is 17.1 Å². The van der Waals surface area contributed by atoms with Crippen molar-refractivity contribution in [1.82, 2.24) is 0 Å². The molecule has 0 aliphatic heterocycles. The molecule has 0 saturated carbocycles. The van der Waals surface area contributed by atoms with Gasteiger partial charge in [0.05, 0.1) is 5.69 Å². The van der Waals surface area contributed by atoms with E-state index in [-0.39, 0.29) is 0 Å². The Morgan fingerprint density at radius 3 is 1.60 bits per heavy atom. The van der Waals surface area contributed by atoms with E-state index in [0.717, 1.165) is 11.4 Å². The largest absolute Gasteiger partial charge is 0.310 e. The molecule has 0 heterocycles. The van der Waals surface area contributed by atoms with Crippen molar-refractivity contribution >= 4 is 62.8 Å². The third-order valence-electron chi connectivity index (χ3n) is 8.58. The van der Waals surface area contributed by atoms with Crippen LogP contribution in [0.2, 0.25) is 0 Å². The molecule has 0 fully saturated rings. The molecule has 0 aromatic heterocycles. The standard InChI is InChI=1S/C45H32IN/c1-3-15-37(16-4-1)45(43-23-11-17-35-13-7-9-21-41(35)43)46-38-29-25-33(26-30-38)34-27-31-40(32-28-34)47(39-19-5-2-6-20-39)44-24-12-18-36-14-8-10-22-42(36)44/h1-32H. The van der Waals surface area contributed by atoms with Crippen LogP contribution in [0.25, 0.3) is 32.7 Å². The number of halogens is 1. The van der Waals surface area contributed by atoms with Gasteiger partial charge in [0.2, 0.25) is 0 Å². The first-order valence-electron chi connectivity index (χ1n) is 15.9. The van der Waals surface area contributed by atoms with Gasteiger partial charge in [-0.25, -0.2) is 0 Å². The van der Waals surface area contributed by atoms with Crippen molar-refractivity contribution in [3.63, 3.8) is 0 Å². The van der Waals surface area contributed by atoms with E-state index >= 15 is 0 Å². The summed E-state index contributed by atoms with van der Waals surface area (Å²) >= 11 is -0.426. The van der Waals surface area contributed by atoms with Crippen LogP contribution in [0.5, 0.6) is 0 Å². The summed E-state index contributed by atoms with van der Waals surface area (Å²) in [7, 11) is 0. The lowest BCUT2D eigenvalue weighted by atomic mass is 9.98. The van der Waals surface area contributed by atoms with Crippen molar-refractivity contribution in [2.45, 2.75) is 0 Å². The van der Waals surface area contributed by atoms with E-state index in [1.165, 1.54) is 56.6 Å². The fourth-order valence-electron chi connectivity index (χ4n) is 6.29. The lowest BCUT2D eigenvalue weighted by molar-refractivity contribution is 1.30. The summed E-state index contributed by atoms with van der Waals surface area (Å²) in [5.41, 5.74) is 8.55. The summed E-state index contributed by atoms with van der Waals surface area (Å²) in [6.45, 7) is 0. The molecule has 0 aliphatic carbocycles. The SMILES string of the molecule is c1ccc(C(=Ic2ccc(-c3ccc(N(c4ccccc4)c4cccc5ccccc45)cc3)cc2)c2cccc3ccccc23)cc1. The molecule has 0 unspecified atom stereocenters. The van der Waals surface area contributed by atoms with E-state index in [0.29, 0.717) is 0 Å². The van der Waals surface area contributed by atoms with Gasteiger partial charge in [0.25, 0.3) is 0 Å². The maximum atomic E-state index is 2.36. The molecule has 0 radical (unpaired) electrons. The first kappa shape index (κ1) is 29.1. The Balaban J connectivity index is 1.14. The van der Waals surface area contributed by atoms with Gasteiger partial charge in [0, 0.05) is 23.8 Å². The summed E-state index contributed by atoms with van der Waals surface area (Å²) in [6.07, 6.45) is 0. The fourth-order valence-corrected chi connectivity index (χ4v) is 9.06. The Labute approximate surface area is 286 Å². The minimum atomic E-state index is -0.426. The molecule has 0 amide bonds. The summed E-state index contributed by atoms with van der Waals surface area (Å²) < 4.78 is 2.86. The quantitative estimate of drug-likeness (QED) is 0.149. The van der Waals surface area contributed by atoms with Crippen molar-refractivity contribution < 1.29 is 0 Å². The van der Waals surface area contributed by atoms with Gasteiger partial charge in [-0.2, -0.15) is 0 Å². The van der Waals surface area contributed by atoms with Gasteiger partial charge >= 0.3 is 0 Å². The number of nitrogens with zero attached hydrogens (tertiary/aromatic N) is 1. The molecular formula is C45H32IN. The van der Waals surface area contributed by atoms with Crippen molar-refractivity contribution in [3.05, 3.63) is 209 Å². The minimum Gasteiger partial charge on any atom is -0.310 e. The Kier molecular flexibility index (Phi) is 8.17. The van der Waals surface area contributed by atoms with Crippen LogP contribution in [0.15, 0.2) is 194 Å². The smallest absolute Gasteiger partial charge is 0.0540 e. The predicted molar refractivity (Wildman–Crippen MR) is 210 cm³/mol. The van der Waals surface area contributed by atoms with Gasteiger partial charge in [-0.15, -0.1) is 0 Å². The molecule has 2 heteroatoms. The number of anilines is 3. The normalized spacial score (nSPS) is 11.7. The fraction of sp³-hybridized carbons (Fsp3) is 0. The molecule has 0 saturated heterocycles. The highest BCUT2D eigenvalue weighted by Crippen LogP contribution is 2.39. The van der Waals surface area contributed by atoms with Crippen LogP contribution >= 0.6 is 20.7 Å². The second-order valence-corrected chi connectivity index (χ2v) is 14.4. The number of para-hydroxylation sites is 1. The minimum absolute atomic E-state index is 0.426. The van der Waals surface area contributed by atoms with Crippen molar-refractivity contribution in [2.75, 3.05) is 4.90 Å². The zero-order valence-electron chi connectivity index (χ0n) is 25.8. The van der Waals surface area contributed by atoms with E-state index in [1.807, 2.05) is 0 Å². The van der Waals surface area contributed by atoms with Crippen LogP contribution in [-0.4, -0.2) is 3.51 Å². The molecule has 0 N–H and O–H groups in total. The van der Waals surface area contributed by atoms with Crippen LogP contribution in [0.1, 0.15) is 11.1 Å². The average Bonchev–Trinajstić information content (AvgIpc) is 3.15. The lowest BCUT2D eigenvalue weighted by Gasteiger charge is -2.27. The predicted octanol–water partition coefficient (Wildman–Crippen LogP) is 12.5. The third-order valence-corrected chi connectivity index (χ3v) is 11.7. The van der Waals surface area contributed by atoms with Crippen LogP contribution in [-0.2, 0) is 0 Å². The molecule has 47 heavy (non-hydrogen) atoms. The van der Waals surface area contributed by atoms with Crippen LogP contribution in [0, 0.1) is 3.57 Å². The summed E-state index contributed by atoms with van der Waals surface area (Å²) in [5.74, 6) is 0. The first-order chi connectivity index (χ1) is 23.3. The molecule has 224 valence electrons. The Bertz CT molecular complexity index is 2310. The molecular weight excluding hydrogens is 681 g/mol. The van der Waals surface area contributed by atoms with Crippen molar-refractivity contribution in [1.29, 1.82) is 0 Å². The maximum Gasteiger partial charge on any atom is 0.0540 e. The average molecular weight is 714 g/mol. The number of rotatable bonds is 7. The molecule has 8 aromatic carbocycles. The summed E-state index contributed by atoms with van der Waals surface area (Å²) in [5, 5.41) is 5.07. The molecule has 0 bridgehead atoms. The number of hydrogen-bond donors (Lipinski definition) is 0. The van der Waals surface area contributed by atoms with Crippen molar-refractivity contribution in [2.24, 2.45) is 0 Å². The highest BCUT2D eigenvalue weighted by atomic mass is 127. The zero-order valence-corrected chi connectivity index (χ0v) is 28.0. The molecule has 8 rings (SSSR count). The monoisotopic (exact) mass is 713 g/mol. The highest BCUT2D eigenvalue weighted by molar-refractivity contribution is 14.2. The van der Waals surface area contributed by atoms with E-state index in [4.69, 9.17) is 0 Å². The lowest BCUT2D eigenvalue weighted by Crippen LogP contribution is -2.10. The zero-order chi connectivity index (χ0) is 31.4. The third kappa shape index (κ3) is 6.00. The van der Waals surface area contributed by atoms with Crippen LogP contribution < -0.4 is 4.90 Å². The van der Waals surface area contributed by atoms with E-state index < -0.39 is 20.7 Å². The molecule has 1 nitrogen and oxygen atoms in total. The van der Waals surface area contributed by atoms with Crippen LogP contribution in [0.3, 0.4) is 0 Å². The Hall–Kier alpha value is -5.32. The topological polar surface area (TPSA) is 3.24 Å². The Morgan fingerprint density at radius 2 is 0.894 bits per heavy atom. The highest BCUT2D eigenvalue weighted by Gasteiger charge is 2.15. The number of hydrogen-bond acceptors (Lipinski definition) is 1. The van der Waals surface area contributed by atoms with Gasteiger partial charge in [-0.05, 0) is 80.9 Å². The van der Waals surface area contributed by atoms with Crippen molar-refractivity contribution in [3.8, 4) is 11.1 Å². The number of fused-ring (bicyclic) bond motifs is 2. The van der Waals surface area contributed by atoms with Gasteiger partial charge in [-0.1, -0.05) is 172 Å². The van der Waals surface area contributed by atoms with E-state index in [2.05, 4.69) is 199 Å². The van der Waals surface area contributed by atoms with E-state index in [1.54, 1.807) is 0 Å². The number of benzene rings is 8. The maximum absolute atomic E-state index is 2.36. The summed E-state index contributed by atoms with van der Waals surface area (Å²) in [6, 6.07) is 70.3. The molecule has 0 spiro atoms. The van der Waals surface area contributed by atoms with Gasteiger partial charge in [0.1, 0.15) is 0 Å². The van der Waals surface area contributed by atoms with Gasteiger partial charge in [0.15, 0.2) is 0 Å². The Morgan fingerprint density at radius 1 is 0.383 bits per heavy atom. The van der Waals surface area contributed by atoms with Gasteiger partial charge in [-0.3, -0.25) is 0 Å². The molecule has 8 aromatic rings.